The van der Waals surface area contributed by atoms with Gasteiger partial charge in [0, 0.05) is 24.7 Å². The van der Waals surface area contributed by atoms with E-state index in [1.165, 1.54) is 11.8 Å². The number of para-hydroxylation sites is 1. The van der Waals surface area contributed by atoms with Crippen molar-refractivity contribution in [2.24, 2.45) is 0 Å². The Balaban J connectivity index is 1.98. The topological polar surface area (TPSA) is 67.4 Å². The summed E-state index contributed by atoms with van der Waals surface area (Å²) in [6, 6.07) is 7.49. The van der Waals surface area contributed by atoms with Gasteiger partial charge in [0.1, 0.15) is 0 Å². The van der Waals surface area contributed by atoms with Crippen molar-refractivity contribution in [2.45, 2.75) is 29.9 Å². The lowest BCUT2D eigenvalue weighted by molar-refractivity contribution is -0.129. The van der Waals surface area contributed by atoms with E-state index in [1.807, 2.05) is 31.2 Å². The van der Waals surface area contributed by atoms with Crippen LogP contribution in [0.1, 0.15) is 20.3 Å². The van der Waals surface area contributed by atoms with Gasteiger partial charge in [-0.25, -0.2) is 0 Å². The van der Waals surface area contributed by atoms with Crippen LogP contribution >= 0.6 is 11.8 Å². The summed E-state index contributed by atoms with van der Waals surface area (Å²) in [6.45, 7) is 5.36. The number of fused-ring (bicyclic) bond motifs is 1. The van der Waals surface area contributed by atoms with E-state index in [9.17, 15) is 9.59 Å². The summed E-state index contributed by atoms with van der Waals surface area (Å²) in [5.74, 6) is -0.551. The van der Waals surface area contributed by atoms with Crippen molar-refractivity contribution >= 4 is 29.3 Å². The first-order valence-electron chi connectivity index (χ1n) is 7.03. The second kappa shape index (κ2) is 6.95. The van der Waals surface area contributed by atoms with Gasteiger partial charge < -0.3 is 15.4 Å². The number of nitrogens with one attached hydrogen (secondary N) is 2. The zero-order chi connectivity index (χ0) is 15.3. The van der Waals surface area contributed by atoms with E-state index in [0.717, 1.165) is 17.0 Å². The highest BCUT2D eigenvalue weighted by Gasteiger charge is 2.45. The number of rotatable bonds is 6. The minimum absolute atomic E-state index is 0.268. The molecule has 114 valence electrons. The largest absolute Gasteiger partial charge is 0.382 e. The SMILES string of the molecule is CCOCCCNC(=O)C1(C)Sc2ccccc2NC1=O. The molecule has 1 aliphatic rings. The standard InChI is InChI=1S/C15H20N2O3S/c1-3-20-10-6-9-16-13(18)15(2)14(19)17-11-7-4-5-8-12(11)21-15/h4-5,7-8H,3,6,9-10H2,1-2H3,(H,16,18)(H,17,19). The fourth-order valence-corrected chi connectivity index (χ4v) is 3.13. The van der Waals surface area contributed by atoms with Crippen molar-refractivity contribution in [1.82, 2.24) is 5.32 Å². The van der Waals surface area contributed by atoms with Gasteiger partial charge in [-0.15, -0.1) is 0 Å². The first-order chi connectivity index (χ1) is 10.1. The summed E-state index contributed by atoms with van der Waals surface area (Å²) in [5, 5.41) is 5.61. The van der Waals surface area contributed by atoms with Crippen LogP contribution in [0, 0.1) is 0 Å². The molecule has 0 radical (unpaired) electrons. The molecule has 1 atom stereocenters. The molecule has 2 rings (SSSR count). The minimum Gasteiger partial charge on any atom is -0.382 e. The van der Waals surface area contributed by atoms with E-state index in [1.54, 1.807) is 6.92 Å². The Morgan fingerprint density at radius 1 is 1.43 bits per heavy atom. The molecule has 1 unspecified atom stereocenters. The molecule has 0 saturated carbocycles. The van der Waals surface area contributed by atoms with Crippen molar-refractivity contribution in [2.75, 3.05) is 25.1 Å². The quantitative estimate of drug-likeness (QED) is 0.623. The predicted octanol–water partition coefficient (Wildman–Crippen LogP) is 2.03. The van der Waals surface area contributed by atoms with Crippen LogP contribution in [0.15, 0.2) is 29.2 Å². The zero-order valence-electron chi connectivity index (χ0n) is 12.3. The van der Waals surface area contributed by atoms with Crippen LogP contribution in [0.4, 0.5) is 5.69 Å². The lowest BCUT2D eigenvalue weighted by atomic mass is 10.1. The number of ether oxygens (including phenoxy) is 1. The Labute approximate surface area is 128 Å². The minimum atomic E-state index is -1.14. The van der Waals surface area contributed by atoms with Gasteiger partial charge in [0.05, 0.1) is 5.69 Å². The zero-order valence-corrected chi connectivity index (χ0v) is 13.1. The summed E-state index contributed by atoms with van der Waals surface area (Å²) in [6.07, 6.45) is 0.735. The number of carbonyl (C=O) groups is 2. The van der Waals surface area contributed by atoms with Gasteiger partial charge in [-0.2, -0.15) is 0 Å². The van der Waals surface area contributed by atoms with Crippen LogP contribution in [-0.4, -0.2) is 36.3 Å². The molecule has 1 aromatic rings. The number of amides is 2. The molecule has 0 aliphatic carbocycles. The molecule has 0 aromatic heterocycles. The summed E-state index contributed by atoms with van der Waals surface area (Å²) < 4.78 is 4.08. The fraction of sp³-hybridized carbons (Fsp3) is 0.467. The number of thioether (sulfide) groups is 1. The van der Waals surface area contributed by atoms with Crippen molar-refractivity contribution in [3.05, 3.63) is 24.3 Å². The third-order valence-corrected chi connectivity index (χ3v) is 4.63. The number of carbonyl (C=O) groups excluding carboxylic acids is 2. The Hall–Kier alpha value is -1.53. The van der Waals surface area contributed by atoms with E-state index in [2.05, 4.69) is 10.6 Å². The maximum Gasteiger partial charge on any atom is 0.250 e. The first kappa shape index (κ1) is 15.9. The molecule has 5 nitrogen and oxygen atoms in total. The number of hydrogen-bond donors (Lipinski definition) is 2. The molecule has 1 heterocycles. The molecular formula is C15H20N2O3S. The van der Waals surface area contributed by atoms with E-state index in [0.29, 0.717) is 19.8 Å². The summed E-state index contributed by atoms with van der Waals surface area (Å²) in [4.78, 5) is 25.5. The van der Waals surface area contributed by atoms with Crippen LogP contribution in [0.3, 0.4) is 0 Å². The molecule has 1 aromatic carbocycles. The van der Waals surface area contributed by atoms with Crippen LogP contribution in [0.5, 0.6) is 0 Å². The summed E-state index contributed by atoms with van der Waals surface area (Å²) in [7, 11) is 0. The average Bonchev–Trinajstić information content (AvgIpc) is 2.48. The molecule has 21 heavy (non-hydrogen) atoms. The smallest absolute Gasteiger partial charge is 0.250 e. The molecule has 1 aliphatic heterocycles. The predicted molar refractivity (Wildman–Crippen MR) is 83.5 cm³/mol. The van der Waals surface area contributed by atoms with Crippen LogP contribution < -0.4 is 10.6 Å². The third-order valence-electron chi connectivity index (χ3n) is 3.27. The van der Waals surface area contributed by atoms with Crippen molar-refractivity contribution in [1.29, 1.82) is 0 Å². The molecule has 6 heteroatoms. The number of anilines is 1. The van der Waals surface area contributed by atoms with Gasteiger partial charge >= 0.3 is 0 Å². The normalized spacial score (nSPS) is 20.6. The molecule has 0 fully saturated rings. The maximum absolute atomic E-state index is 12.3. The highest BCUT2D eigenvalue weighted by atomic mass is 32.2. The van der Waals surface area contributed by atoms with Gasteiger partial charge in [0.15, 0.2) is 4.75 Å². The van der Waals surface area contributed by atoms with Gasteiger partial charge in [0.2, 0.25) is 11.8 Å². The van der Waals surface area contributed by atoms with E-state index < -0.39 is 4.75 Å². The van der Waals surface area contributed by atoms with Crippen molar-refractivity contribution in [3.63, 3.8) is 0 Å². The number of benzene rings is 1. The van der Waals surface area contributed by atoms with Crippen LogP contribution in [0.25, 0.3) is 0 Å². The Morgan fingerprint density at radius 2 is 2.19 bits per heavy atom. The number of hydrogen-bond acceptors (Lipinski definition) is 4. The molecule has 2 N–H and O–H groups in total. The van der Waals surface area contributed by atoms with Crippen LogP contribution in [-0.2, 0) is 14.3 Å². The van der Waals surface area contributed by atoms with E-state index in [4.69, 9.17) is 4.74 Å². The Bertz CT molecular complexity index is 535. The second-order valence-electron chi connectivity index (χ2n) is 4.89. The van der Waals surface area contributed by atoms with E-state index in [-0.39, 0.29) is 11.8 Å². The molecule has 0 spiro atoms. The second-order valence-corrected chi connectivity index (χ2v) is 6.35. The van der Waals surface area contributed by atoms with Gasteiger partial charge in [-0.1, -0.05) is 23.9 Å². The van der Waals surface area contributed by atoms with Crippen molar-refractivity contribution in [3.8, 4) is 0 Å². The Morgan fingerprint density at radius 3 is 2.95 bits per heavy atom. The van der Waals surface area contributed by atoms with Crippen molar-refractivity contribution < 1.29 is 14.3 Å². The highest BCUT2D eigenvalue weighted by molar-refractivity contribution is 8.02. The molecule has 0 bridgehead atoms. The lowest BCUT2D eigenvalue weighted by Crippen LogP contribution is -2.52. The summed E-state index contributed by atoms with van der Waals surface area (Å²) in [5.41, 5.74) is 0.758. The third kappa shape index (κ3) is 3.57. The molecule has 2 amide bonds. The summed E-state index contributed by atoms with van der Waals surface area (Å²) >= 11 is 1.29. The van der Waals surface area contributed by atoms with E-state index >= 15 is 0 Å². The highest BCUT2D eigenvalue weighted by Crippen LogP contribution is 2.42. The van der Waals surface area contributed by atoms with Gasteiger partial charge in [-0.05, 0) is 32.4 Å². The maximum atomic E-state index is 12.3. The molecular weight excluding hydrogens is 288 g/mol. The first-order valence-corrected chi connectivity index (χ1v) is 7.85. The van der Waals surface area contributed by atoms with Gasteiger partial charge in [-0.3, -0.25) is 9.59 Å². The Kier molecular flexibility index (Phi) is 5.25. The molecule has 0 saturated heterocycles. The fourth-order valence-electron chi connectivity index (χ4n) is 2.01. The lowest BCUT2D eigenvalue weighted by Gasteiger charge is -2.31. The van der Waals surface area contributed by atoms with Crippen LogP contribution in [0.2, 0.25) is 0 Å². The average molecular weight is 308 g/mol. The van der Waals surface area contributed by atoms with Gasteiger partial charge in [0.25, 0.3) is 0 Å². The monoisotopic (exact) mass is 308 g/mol.